The van der Waals surface area contributed by atoms with Crippen molar-refractivity contribution in [3.63, 3.8) is 0 Å². The summed E-state index contributed by atoms with van der Waals surface area (Å²) in [6.07, 6.45) is 1.47. The molecule has 2 rings (SSSR count). The normalized spacial score (nSPS) is 11.0. The van der Waals surface area contributed by atoms with Crippen molar-refractivity contribution in [2.75, 3.05) is 27.4 Å². The fraction of sp³-hybridized carbons (Fsp3) is 0.348. The zero-order chi connectivity index (χ0) is 22.8. The summed E-state index contributed by atoms with van der Waals surface area (Å²) in [5.41, 5.74) is 3.25. The Morgan fingerprint density at radius 2 is 1.97 bits per heavy atom. The molecule has 0 radical (unpaired) electrons. The molecule has 0 atom stereocenters. The highest BCUT2D eigenvalue weighted by Crippen LogP contribution is 2.19. The molecular weight excluding hydrogens is 398 g/mol. The number of carbonyl (C=O) groups excluding carboxylic acids is 2. The van der Waals surface area contributed by atoms with E-state index in [1.165, 1.54) is 6.08 Å². The van der Waals surface area contributed by atoms with Crippen LogP contribution < -0.4 is 10.1 Å². The van der Waals surface area contributed by atoms with Crippen LogP contribution in [0.3, 0.4) is 0 Å². The monoisotopic (exact) mass is 425 g/mol. The van der Waals surface area contributed by atoms with Crippen molar-refractivity contribution in [2.45, 2.75) is 26.9 Å². The number of nitrogens with zero attached hydrogens (tertiary/aromatic N) is 2. The largest absolute Gasteiger partial charge is 0.496 e. The van der Waals surface area contributed by atoms with Gasteiger partial charge in [0.15, 0.2) is 6.61 Å². The van der Waals surface area contributed by atoms with Crippen molar-refractivity contribution in [3.8, 4) is 11.8 Å². The van der Waals surface area contributed by atoms with Crippen molar-refractivity contribution < 1.29 is 23.8 Å². The predicted molar refractivity (Wildman–Crippen MR) is 115 cm³/mol. The highest BCUT2D eigenvalue weighted by atomic mass is 16.5. The molecule has 0 aliphatic rings. The number of benzene rings is 1. The van der Waals surface area contributed by atoms with Gasteiger partial charge in [0, 0.05) is 37.2 Å². The molecule has 1 aromatic carbocycles. The molecule has 0 saturated carbocycles. The van der Waals surface area contributed by atoms with Crippen molar-refractivity contribution in [1.82, 2.24) is 9.88 Å². The smallest absolute Gasteiger partial charge is 0.349 e. The molecule has 0 aliphatic carbocycles. The standard InChI is InChI=1S/C23H27N3O5/c1-16-11-19(17(2)26(16)9-10-29-3)12-20(13-24)23(28)31-15-22(27)25-14-18-7-5-6-8-21(18)30-4/h5-8,11-12H,9-10,14-15H2,1-4H3,(H,25,27)/b20-12+. The van der Waals surface area contributed by atoms with Gasteiger partial charge in [-0.3, -0.25) is 4.79 Å². The van der Waals surface area contributed by atoms with Crippen molar-refractivity contribution in [3.05, 3.63) is 58.4 Å². The minimum Gasteiger partial charge on any atom is -0.496 e. The number of methoxy groups -OCH3 is 2. The molecule has 1 amide bonds. The number of aromatic nitrogens is 1. The molecule has 0 bridgehead atoms. The second-order valence-electron chi connectivity index (χ2n) is 6.81. The SMILES string of the molecule is COCCn1c(C)cc(/C=C(\C#N)C(=O)OCC(=O)NCc2ccccc2OC)c1C. The Kier molecular flexibility index (Phi) is 8.85. The van der Waals surface area contributed by atoms with Gasteiger partial charge in [-0.05, 0) is 37.6 Å². The number of amides is 1. The minimum atomic E-state index is -0.850. The summed E-state index contributed by atoms with van der Waals surface area (Å²) in [7, 11) is 3.18. The van der Waals surface area contributed by atoms with Gasteiger partial charge in [-0.2, -0.15) is 5.26 Å². The van der Waals surface area contributed by atoms with Gasteiger partial charge in [0.1, 0.15) is 17.4 Å². The van der Waals surface area contributed by atoms with Gasteiger partial charge >= 0.3 is 5.97 Å². The van der Waals surface area contributed by atoms with E-state index in [0.717, 1.165) is 22.5 Å². The topological polar surface area (TPSA) is 103 Å². The lowest BCUT2D eigenvalue weighted by Crippen LogP contribution is -2.28. The quantitative estimate of drug-likeness (QED) is 0.357. The van der Waals surface area contributed by atoms with E-state index < -0.39 is 18.5 Å². The number of aryl methyl sites for hydroxylation is 1. The molecule has 0 saturated heterocycles. The van der Waals surface area contributed by atoms with Crippen LogP contribution in [0.5, 0.6) is 5.75 Å². The van der Waals surface area contributed by atoms with Gasteiger partial charge in [0.05, 0.1) is 13.7 Å². The van der Waals surface area contributed by atoms with Crippen LogP contribution in [0.15, 0.2) is 35.9 Å². The summed E-state index contributed by atoms with van der Waals surface area (Å²) in [4.78, 5) is 24.3. The third-order valence-electron chi connectivity index (χ3n) is 4.77. The number of hydrogen-bond acceptors (Lipinski definition) is 6. The molecule has 0 aliphatic heterocycles. The Morgan fingerprint density at radius 1 is 1.23 bits per heavy atom. The first kappa shape index (κ1) is 23.7. The van der Waals surface area contributed by atoms with Crippen LogP contribution in [-0.4, -0.2) is 43.9 Å². The van der Waals surface area contributed by atoms with Crippen LogP contribution in [0.25, 0.3) is 6.08 Å². The van der Waals surface area contributed by atoms with E-state index in [1.807, 2.05) is 48.7 Å². The third kappa shape index (κ3) is 6.46. The zero-order valence-corrected chi connectivity index (χ0v) is 18.2. The highest BCUT2D eigenvalue weighted by molar-refractivity contribution is 5.99. The van der Waals surface area contributed by atoms with Crippen LogP contribution in [0, 0.1) is 25.2 Å². The lowest BCUT2D eigenvalue weighted by molar-refractivity contribution is -0.144. The van der Waals surface area contributed by atoms with Gasteiger partial charge in [-0.15, -0.1) is 0 Å². The Labute approximate surface area is 182 Å². The molecule has 0 unspecified atom stereocenters. The maximum absolute atomic E-state index is 12.3. The average molecular weight is 425 g/mol. The van der Waals surface area contributed by atoms with Gasteiger partial charge < -0.3 is 24.1 Å². The molecule has 8 nitrogen and oxygen atoms in total. The summed E-state index contributed by atoms with van der Waals surface area (Å²) in [5.74, 6) is -0.677. The lowest BCUT2D eigenvalue weighted by atomic mass is 10.1. The Bertz CT molecular complexity index is 1000. The van der Waals surface area contributed by atoms with Crippen LogP contribution in [0.4, 0.5) is 0 Å². The first-order chi connectivity index (χ1) is 14.9. The maximum Gasteiger partial charge on any atom is 0.349 e. The fourth-order valence-corrected chi connectivity index (χ4v) is 3.10. The van der Waals surface area contributed by atoms with Crippen molar-refractivity contribution >= 4 is 18.0 Å². The lowest BCUT2D eigenvalue weighted by Gasteiger charge is -2.10. The Hall–Kier alpha value is -3.57. The van der Waals surface area contributed by atoms with Gasteiger partial charge in [-0.25, -0.2) is 4.79 Å². The van der Waals surface area contributed by atoms with Gasteiger partial charge in [-0.1, -0.05) is 18.2 Å². The number of nitrogens with one attached hydrogen (secondary N) is 1. The number of nitriles is 1. The van der Waals surface area contributed by atoms with Crippen LogP contribution >= 0.6 is 0 Å². The highest BCUT2D eigenvalue weighted by Gasteiger charge is 2.16. The third-order valence-corrected chi connectivity index (χ3v) is 4.77. The summed E-state index contributed by atoms with van der Waals surface area (Å²) in [6.45, 7) is 4.81. The van der Waals surface area contributed by atoms with E-state index in [0.29, 0.717) is 18.9 Å². The Morgan fingerprint density at radius 3 is 2.65 bits per heavy atom. The minimum absolute atomic E-state index is 0.176. The van der Waals surface area contributed by atoms with Crippen molar-refractivity contribution in [1.29, 1.82) is 5.26 Å². The molecule has 0 fully saturated rings. The molecule has 8 heteroatoms. The number of carbonyl (C=O) groups is 2. The fourth-order valence-electron chi connectivity index (χ4n) is 3.10. The van der Waals surface area contributed by atoms with Crippen molar-refractivity contribution in [2.24, 2.45) is 0 Å². The summed E-state index contributed by atoms with van der Waals surface area (Å²) < 4.78 is 17.4. The molecule has 1 heterocycles. The van der Waals surface area contributed by atoms with Gasteiger partial charge in [0.25, 0.3) is 5.91 Å². The first-order valence-corrected chi connectivity index (χ1v) is 9.74. The molecular formula is C23H27N3O5. The number of esters is 1. The second kappa shape index (κ2) is 11.6. The predicted octanol–water partition coefficient (Wildman–Crippen LogP) is 2.53. The van der Waals surface area contributed by atoms with E-state index in [2.05, 4.69) is 5.32 Å². The average Bonchev–Trinajstić information content (AvgIpc) is 3.05. The number of rotatable bonds is 10. The number of ether oxygens (including phenoxy) is 3. The van der Waals surface area contributed by atoms with E-state index in [-0.39, 0.29) is 12.1 Å². The molecule has 1 N–H and O–H groups in total. The maximum atomic E-state index is 12.3. The summed E-state index contributed by atoms with van der Waals surface area (Å²) in [5, 5.41) is 12.0. The summed E-state index contributed by atoms with van der Waals surface area (Å²) in [6, 6.07) is 11.0. The summed E-state index contributed by atoms with van der Waals surface area (Å²) >= 11 is 0. The zero-order valence-electron chi connectivity index (χ0n) is 18.2. The van der Waals surface area contributed by atoms with Crippen LogP contribution in [0.2, 0.25) is 0 Å². The van der Waals surface area contributed by atoms with Crippen LogP contribution in [0.1, 0.15) is 22.5 Å². The molecule has 0 spiro atoms. The number of para-hydroxylation sites is 1. The number of hydrogen-bond donors (Lipinski definition) is 1. The van der Waals surface area contributed by atoms with E-state index in [9.17, 15) is 14.9 Å². The molecule has 2 aromatic rings. The van der Waals surface area contributed by atoms with E-state index in [1.54, 1.807) is 20.3 Å². The second-order valence-corrected chi connectivity index (χ2v) is 6.81. The van der Waals surface area contributed by atoms with Crippen LogP contribution in [-0.2, 0) is 32.2 Å². The molecule has 1 aromatic heterocycles. The van der Waals surface area contributed by atoms with E-state index in [4.69, 9.17) is 14.2 Å². The van der Waals surface area contributed by atoms with E-state index >= 15 is 0 Å². The first-order valence-electron chi connectivity index (χ1n) is 9.74. The Balaban J connectivity index is 1.97. The molecule has 31 heavy (non-hydrogen) atoms. The van der Waals surface area contributed by atoms with Gasteiger partial charge in [0.2, 0.25) is 0 Å². The molecule has 164 valence electrons.